The standard InChI is InChI=1S/C23H25N5O2S/c1-26(2)19-10-8-17(9-11-19)14-24-21(29)20-15-25-22(31-20)28-13-12-27(23(28)30)16-18-6-4-3-5-7-18/h3-11,15H,12-14,16H2,1-2H3,(H,24,29). The Bertz CT molecular complexity index is 1050. The SMILES string of the molecule is CN(C)c1ccc(CNC(=O)c2cnc(N3CCN(Cc4ccccc4)C3=O)s2)cc1. The minimum atomic E-state index is -0.187. The van der Waals surface area contributed by atoms with Gasteiger partial charge in [-0.1, -0.05) is 53.8 Å². The van der Waals surface area contributed by atoms with E-state index in [9.17, 15) is 9.59 Å². The normalized spacial score (nSPS) is 13.5. The Morgan fingerprint density at radius 1 is 1.06 bits per heavy atom. The van der Waals surface area contributed by atoms with E-state index in [-0.39, 0.29) is 11.9 Å². The zero-order valence-electron chi connectivity index (χ0n) is 17.6. The maximum absolute atomic E-state index is 12.8. The summed E-state index contributed by atoms with van der Waals surface area (Å²) in [5.74, 6) is -0.187. The molecule has 1 saturated heterocycles. The van der Waals surface area contributed by atoms with Gasteiger partial charge in [0.05, 0.1) is 6.20 Å². The first-order chi connectivity index (χ1) is 15.0. The van der Waals surface area contributed by atoms with Gasteiger partial charge in [0.1, 0.15) is 4.88 Å². The van der Waals surface area contributed by atoms with Gasteiger partial charge in [0.25, 0.3) is 5.91 Å². The predicted molar refractivity (Wildman–Crippen MR) is 124 cm³/mol. The number of thiazole rings is 1. The number of hydrogen-bond donors (Lipinski definition) is 1. The van der Waals surface area contributed by atoms with E-state index in [1.165, 1.54) is 17.5 Å². The van der Waals surface area contributed by atoms with E-state index in [0.29, 0.717) is 36.2 Å². The molecule has 7 nitrogen and oxygen atoms in total. The Balaban J connectivity index is 1.34. The minimum Gasteiger partial charge on any atom is -0.378 e. The number of aromatic nitrogens is 1. The van der Waals surface area contributed by atoms with Gasteiger partial charge in [-0.25, -0.2) is 9.78 Å². The van der Waals surface area contributed by atoms with Crippen LogP contribution < -0.4 is 15.1 Å². The van der Waals surface area contributed by atoms with Crippen LogP contribution in [-0.2, 0) is 13.1 Å². The summed E-state index contributed by atoms with van der Waals surface area (Å²) in [6.45, 7) is 2.21. The Morgan fingerprint density at radius 2 is 1.81 bits per heavy atom. The average molecular weight is 436 g/mol. The lowest BCUT2D eigenvalue weighted by molar-refractivity contribution is 0.0954. The van der Waals surface area contributed by atoms with E-state index in [2.05, 4.69) is 10.3 Å². The molecule has 1 aliphatic heterocycles. The Morgan fingerprint density at radius 3 is 2.52 bits per heavy atom. The van der Waals surface area contributed by atoms with Gasteiger partial charge in [0.15, 0.2) is 5.13 Å². The van der Waals surface area contributed by atoms with Crippen LogP contribution in [0.3, 0.4) is 0 Å². The van der Waals surface area contributed by atoms with Gasteiger partial charge in [0.2, 0.25) is 0 Å². The van der Waals surface area contributed by atoms with Gasteiger partial charge in [-0.2, -0.15) is 0 Å². The van der Waals surface area contributed by atoms with Crippen LogP contribution in [0, 0.1) is 0 Å². The van der Waals surface area contributed by atoms with Crippen molar-refractivity contribution in [2.75, 3.05) is 37.0 Å². The Labute approximate surface area is 185 Å². The second kappa shape index (κ2) is 9.18. The molecule has 4 rings (SSSR count). The van der Waals surface area contributed by atoms with E-state index in [4.69, 9.17) is 0 Å². The number of benzene rings is 2. The highest BCUT2D eigenvalue weighted by Gasteiger charge is 2.31. The van der Waals surface area contributed by atoms with E-state index >= 15 is 0 Å². The third kappa shape index (κ3) is 4.86. The molecular weight excluding hydrogens is 410 g/mol. The third-order valence-electron chi connectivity index (χ3n) is 5.17. The molecule has 2 heterocycles. The van der Waals surface area contributed by atoms with Gasteiger partial charge in [-0.05, 0) is 23.3 Å². The van der Waals surface area contributed by atoms with Crippen molar-refractivity contribution in [3.05, 3.63) is 76.8 Å². The summed E-state index contributed by atoms with van der Waals surface area (Å²) < 4.78 is 0. The van der Waals surface area contributed by atoms with Crippen molar-refractivity contribution in [3.8, 4) is 0 Å². The lowest BCUT2D eigenvalue weighted by Gasteiger charge is -2.16. The molecule has 0 radical (unpaired) electrons. The highest BCUT2D eigenvalue weighted by Crippen LogP contribution is 2.27. The number of carbonyl (C=O) groups excluding carboxylic acids is 2. The van der Waals surface area contributed by atoms with Gasteiger partial charge in [-0.3, -0.25) is 9.69 Å². The Hall–Kier alpha value is -3.39. The number of hydrogen-bond acceptors (Lipinski definition) is 5. The Kier molecular flexibility index (Phi) is 6.18. The molecule has 0 aliphatic carbocycles. The molecule has 3 aromatic rings. The maximum atomic E-state index is 12.8. The fraction of sp³-hybridized carbons (Fsp3) is 0.261. The number of nitrogens with one attached hydrogen (secondary N) is 1. The lowest BCUT2D eigenvalue weighted by atomic mass is 10.2. The second-order valence-electron chi connectivity index (χ2n) is 7.59. The fourth-order valence-electron chi connectivity index (χ4n) is 3.39. The smallest absolute Gasteiger partial charge is 0.326 e. The van der Waals surface area contributed by atoms with Crippen LogP contribution in [-0.4, -0.2) is 49.0 Å². The molecule has 0 bridgehead atoms. The van der Waals surface area contributed by atoms with Crippen LogP contribution in [0.2, 0.25) is 0 Å². The summed E-state index contributed by atoms with van der Waals surface area (Å²) in [4.78, 5) is 35.6. The van der Waals surface area contributed by atoms with Crippen molar-refractivity contribution in [2.24, 2.45) is 0 Å². The molecule has 8 heteroatoms. The van der Waals surface area contributed by atoms with Crippen LogP contribution in [0.4, 0.5) is 15.6 Å². The fourth-order valence-corrected chi connectivity index (χ4v) is 4.24. The monoisotopic (exact) mass is 435 g/mol. The van der Waals surface area contributed by atoms with Gasteiger partial charge in [-0.15, -0.1) is 0 Å². The topological polar surface area (TPSA) is 68.8 Å². The molecule has 1 aromatic heterocycles. The van der Waals surface area contributed by atoms with Gasteiger partial charge < -0.3 is 15.1 Å². The number of rotatable bonds is 7. The molecule has 0 atom stereocenters. The average Bonchev–Trinajstić information content (AvgIpc) is 3.40. The first kappa shape index (κ1) is 20.9. The number of nitrogens with zero attached hydrogens (tertiary/aromatic N) is 4. The van der Waals surface area contributed by atoms with Gasteiger partial charge >= 0.3 is 6.03 Å². The van der Waals surface area contributed by atoms with Crippen LogP contribution in [0.1, 0.15) is 20.8 Å². The quantitative estimate of drug-likeness (QED) is 0.616. The van der Waals surface area contributed by atoms with Crippen LogP contribution >= 0.6 is 11.3 Å². The van der Waals surface area contributed by atoms with E-state index in [1.54, 1.807) is 9.80 Å². The van der Waals surface area contributed by atoms with Gasteiger partial charge in [0, 0.05) is 46.0 Å². The number of urea groups is 1. The summed E-state index contributed by atoms with van der Waals surface area (Å²) in [7, 11) is 3.98. The molecule has 1 aliphatic rings. The minimum absolute atomic E-state index is 0.0776. The van der Waals surface area contributed by atoms with Crippen LogP contribution in [0.25, 0.3) is 0 Å². The van der Waals surface area contributed by atoms with Crippen molar-refractivity contribution in [2.45, 2.75) is 13.1 Å². The maximum Gasteiger partial charge on any atom is 0.326 e. The van der Waals surface area contributed by atoms with Crippen molar-refractivity contribution in [3.63, 3.8) is 0 Å². The summed E-state index contributed by atoms with van der Waals surface area (Å²) in [5, 5.41) is 3.48. The molecule has 0 unspecified atom stereocenters. The van der Waals surface area contributed by atoms with E-state index < -0.39 is 0 Å². The second-order valence-corrected chi connectivity index (χ2v) is 8.60. The predicted octanol–water partition coefficient (Wildman–Crippen LogP) is 3.58. The van der Waals surface area contributed by atoms with Crippen molar-refractivity contribution < 1.29 is 9.59 Å². The lowest BCUT2D eigenvalue weighted by Crippen LogP contribution is -2.31. The molecule has 1 N–H and O–H groups in total. The molecular formula is C23H25N5O2S. The molecule has 1 fully saturated rings. The van der Waals surface area contributed by atoms with Crippen molar-refractivity contribution in [1.29, 1.82) is 0 Å². The van der Waals surface area contributed by atoms with Crippen LogP contribution in [0.15, 0.2) is 60.8 Å². The number of anilines is 2. The third-order valence-corrected chi connectivity index (χ3v) is 6.18. The van der Waals surface area contributed by atoms with Crippen molar-refractivity contribution in [1.82, 2.24) is 15.2 Å². The summed E-state index contributed by atoms with van der Waals surface area (Å²) in [5.41, 5.74) is 3.23. The number of amides is 3. The van der Waals surface area contributed by atoms with E-state index in [0.717, 1.165) is 16.8 Å². The summed E-state index contributed by atoms with van der Waals surface area (Å²) in [6.07, 6.45) is 1.54. The van der Waals surface area contributed by atoms with E-state index in [1.807, 2.05) is 73.6 Å². The first-order valence-corrected chi connectivity index (χ1v) is 10.9. The zero-order chi connectivity index (χ0) is 21.8. The first-order valence-electron chi connectivity index (χ1n) is 10.1. The zero-order valence-corrected chi connectivity index (χ0v) is 18.4. The summed E-state index contributed by atoms with van der Waals surface area (Å²) in [6, 6.07) is 17.9. The molecule has 2 aromatic carbocycles. The number of carbonyl (C=O) groups is 2. The molecule has 0 spiro atoms. The molecule has 31 heavy (non-hydrogen) atoms. The largest absolute Gasteiger partial charge is 0.378 e. The molecule has 0 saturated carbocycles. The highest BCUT2D eigenvalue weighted by molar-refractivity contribution is 7.17. The highest BCUT2D eigenvalue weighted by atomic mass is 32.1. The summed E-state index contributed by atoms with van der Waals surface area (Å²) >= 11 is 1.24. The van der Waals surface area contributed by atoms with Crippen LogP contribution in [0.5, 0.6) is 0 Å². The molecule has 3 amide bonds. The molecule has 160 valence electrons. The van der Waals surface area contributed by atoms with Crippen molar-refractivity contribution >= 4 is 34.1 Å².